The maximum absolute atomic E-state index is 11.8. The second-order valence-corrected chi connectivity index (χ2v) is 6.16. The van der Waals surface area contributed by atoms with Crippen molar-refractivity contribution in [3.8, 4) is 0 Å². The Morgan fingerprint density at radius 3 is 2.56 bits per heavy atom. The third-order valence-corrected chi connectivity index (χ3v) is 4.59. The van der Waals surface area contributed by atoms with Crippen molar-refractivity contribution in [2.75, 3.05) is 13.7 Å². The molecule has 0 saturated heterocycles. The highest BCUT2D eigenvalue weighted by Gasteiger charge is 2.26. The topological polar surface area (TPSA) is 69.6 Å². The molecule has 0 amide bonds. The van der Waals surface area contributed by atoms with Gasteiger partial charge in [-0.1, -0.05) is 12.2 Å². The molecule has 0 aliphatic heterocycles. The van der Waals surface area contributed by atoms with E-state index in [4.69, 9.17) is 5.11 Å². The van der Waals surface area contributed by atoms with Gasteiger partial charge in [0.1, 0.15) is 0 Å². The molecule has 0 aromatic rings. The first-order valence-corrected chi connectivity index (χ1v) is 6.85. The van der Waals surface area contributed by atoms with Crippen LogP contribution < -0.4 is 4.72 Å². The lowest BCUT2D eigenvalue weighted by Crippen LogP contribution is -2.45. The van der Waals surface area contributed by atoms with E-state index in [1.807, 2.05) is 19.9 Å². The number of hydrogen-bond donors (Lipinski definition) is 2. The fourth-order valence-electron chi connectivity index (χ4n) is 1.55. The number of nitrogens with zero attached hydrogens (tertiary/aromatic N) is 1. The van der Waals surface area contributed by atoms with Gasteiger partial charge in [-0.25, -0.2) is 0 Å². The van der Waals surface area contributed by atoms with E-state index in [9.17, 15) is 8.42 Å². The molecule has 0 unspecified atom stereocenters. The third-order valence-electron chi connectivity index (χ3n) is 2.81. The number of hydrogen-bond acceptors (Lipinski definition) is 3. The summed E-state index contributed by atoms with van der Waals surface area (Å²) in [7, 11) is -1.87. The van der Waals surface area contributed by atoms with Crippen LogP contribution >= 0.6 is 0 Å². The second-order valence-electron chi connectivity index (χ2n) is 4.40. The molecule has 0 aromatic carbocycles. The van der Waals surface area contributed by atoms with Gasteiger partial charge in [-0.2, -0.15) is 17.4 Å². The Hall–Kier alpha value is -0.430. The molecule has 2 N–H and O–H groups in total. The molecular formula is C10H20N2O3S. The number of aliphatic hydroxyl groups excluding tert-OH is 1. The molecule has 0 bridgehead atoms. The van der Waals surface area contributed by atoms with Crippen LogP contribution in [0.25, 0.3) is 0 Å². The average Bonchev–Trinajstić information content (AvgIpc) is 2.63. The standard InChI is InChI=1S/C10H20N2O3S/c1-8(2)12(3)16(14,15)11-10-5-4-9(6-10)7-13/h4-5,8-11,13H,6-7H2,1-3H3/t9-,10+/m0/s1. The zero-order valence-electron chi connectivity index (χ0n) is 9.92. The van der Waals surface area contributed by atoms with Crippen molar-refractivity contribution >= 4 is 10.2 Å². The Balaban J connectivity index is 2.59. The minimum Gasteiger partial charge on any atom is -0.396 e. The first kappa shape index (κ1) is 13.6. The largest absolute Gasteiger partial charge is 0.396 e. The zero-order chi connectivity index (χ0) is 12.3. The van der Waals surface area contributed by atoms with E-state index in [1.165, 1.54) is 4.31 Å². The highest BCUT2D eigenvalue weighted by atomic mass is 32.2. The molecular weight excluding hydrogens is 228 g/mol. The maximum Gasteiger partial charge on any atom is 0.279 e. The van der Waals surface area contributed by atoms with Crippen molar-refractivity contribution in [1.29, 1.82) is 0 Å². The quantitative estimate of drug-likeness (QED) is 0.678. The van der Waals surface area contributed by atoms with Gasteiger partial charge in [-0.05, 0) is 20.3 Å². The van der Waals surface area contributed by atoms with Gasteiger partial charge in [0, 0.05) is 31.7 Å². The summed E-state index contributed by atoms with van der Waals surface area (Å²) in [5.41, 5.74) is 0. The van der Waals surface area contributed by atoms with Crippen LogP contribution in [0.15, 0.2) is 12.2 Å². The van der Waals surface area contributed by atoms with Crippen molar-refractivity contribution < 1.29 is 13.5 Å². The van der Waals surface area contributed by atoms with Crippen LogP contribution in [0.5, 0.6) is 0 Å². The van der Waals surface area contributed by atoms with Crippen LogP contribution in [-0.4, -0.2) is 43.6 Å². The molecule has 0 spiro atoms. The smallest absolute Gasteiger partial charge is 0.279 e. The van der Waals surface area contributed by atoms with Crippen LogP contribution in [0.3, 0.4) is 0 Å². The number of rotatable bonds is 5. The van der Waals surface area contributed by atoms with Crippen LogP contribution in [0.2, 0.25) is 0 Å². The Morgan fingerprint density at radius 2 is 2.12 bits per heavy atom. The highest BCUT2D eigenvalue weighted by molar-refractivity contribution is 7.87. The summed E-state index contributed by atoms with van der Waals surface area (Å²) in [6.45, 7) is 3.70. The van der Waals surface area contributed by atoms with Gasteiger partial charge in [0.25, 0.3) is 10.2 Å². The van der Waals surface area contributed by atoms with E-state index in [-0.39, 0.29) is 24.6 Å². The van der Waals surface area contributed by atoms with E-state index >= 15 is 0 Å². The summed E-state index contributed by atoms with van der Waals surface area (Å²) in [5, 5.41) is 8.94. The van der Waals surface area contributed by atoms with Crippen LogP contribution in [0, 0.1) is 5.92 Å². The van der Waals surface area contributed by atoms with Crippen LogP contribution in [-0.2, 0) is 10.2 Å². The number of nitrogens with one attached hydrogen (secondary N) is 1. The summed E-state index contributed by atoms with van der Waals surface area (Å²) in [6.07, 6.45) is 4.27. The van der Waals surface area contributed by atoms with E-state index in [2.05, 4.69) is 4.72 Å². The minimum absolute atomic E-state index is 0.0642. The predicted molar refractivity (Wildman–Crippen MR) is 63.1 cm³/mol. The molecule has 1 rings (SSSR count). The molecule has 0 heterocycles. The highest BCUT2D eigenvalue weighted by Crippen LogP contribution is 2.18. The molecule has 1 aliphatic rings. The van der Waals surface area contributed by atoms with Gasteiger partial charge < -0.3 is 5.11 Å². The summed E-state index contributed by atoms with van der Waals surface area (Å²) >= 11 is 0. The first-order chi connectivity index (χ1) is 7.36. The maximum atomic E-state index is 11.8. The molecule has 0 saturated carbocycles. The van der Waals surface area contributed by atoms with Gasteiger partial charge in [0.15, 0.2) is 0 Å². The normalized spacial score (nSPS) is 25.9. The zero-order valence-corrected chi connectivity index (χ0v) is 10.7. The van der Waals surface area contributed by atoms with Crippen molar-refractivity contribution in [3.05, 3.63) is 12.2 Å². The summed E-state index contributed by atoms with van der Waals surface area (Å²) < 4.78 is 27.6. The van der Waals surface area contributed by atoms with E-state index in [0.29, 0.717) is 6.42 Å². The van der Waals surface area contributed by atoms with Gasteiger partial charge in [0.2, 0.25) is 0 Å². The molecule has 0 radical (unpaired) electrons. The molecule has 16 heavy (non-hydrogen) atoms. The summed E-state index contributed by atoms with van der Waals surface area (Å²) in [5.74, 6) is 0.0667. The molecule has 5 nitrogen and oxygen atoms in total. The monoisotopic (exact) mass is 248 g/mol. The summed E-state index contributed by atoms with van der Waals surface area (Å²) in [4.78, 5) is 0. The van der Waals surface area contributed by atoms with Crippen molar-refractivity contribution in [3.63, 3.8) is 0 Å². The van der Waals surface area contributed by atoms with Gasteiger partial charge in [0.05, 0.1) is 0 Å². The lowest BCUT2D eigenvalue weighted by Gasteiger charge is -2.23. The second kappa shape index (κ2) is 5.27. The lowest BCUT2D eigenvalue weighted by molar-refractivity contribution is 0.247. The Kier molecular flexibility index (Phi) is 4.49. The van der Waals surface area contributed by atoms with Crippen molar-refractivity contribution in [2.24, 2.45) is 5.92 Å². The Morgan fingerprint density at radius 1 is 1.50 bits per heavy atom. The van der Waals surface area contributed by atoms with Gasteiger partial charge in [-0.15, -0.1) is 0 Å². The molecule has 0 fully saturated rings. The summed E-state index contributed by atoms with van der Waals surface area (Å²) in [6, 6.07) is -0.278. The fourth-order valence-corrected chi connectivity index (χ4v) is 2.83. The van der Waals surface area contributed by atoms with Gasteiger partial charge >= 0.3 is 0 Å². The van der Waals surface area contributed by atoms with E-state index in [1.54, 1.807) is 13.1 Å². The molecule has 0 aromatic heterocycles. The van der Waals surface area contributed by atoms with E-state index < -0.39 is 10.2 Å². The first-order valence-electron chi connectivity index (χ1n) is 5.41. The van der Waals surface area contributed by atoms with Crippen LogP contribution in [0.4, 0.5) is 0 Å². The van der Waals surface area contributed by atoms with Crippen molar-refractivity contribution in [2.45, 2.75) is 32.4 Å². The average molecular weight is 248 g/mol. The predicted octanol–water partition coefficient (Wildman–Crippen LogP) is 0.0980. The van der Waals surface area contributed by atoms with E-state index in [0.717, 1.165) is 0 Å². The van der Waals surface area contributed by atoms with Crippen molar-refractivity contribution in [1.82, 2.24) is 9.03 Å². The molecule has 1 aliphatic carbocycles. The number of aliphatic hydroxyl groups is 1. The van der Waals surface area contributed by atoms with Crippen LogP contribution in [0.1, 0.15) is 20.3 Å². The van der Waals surface area contributed by atoms with Gasteiger partial charge in [-0.3, -0.25) is 0 Å². The SMILES string of the molecule is CC(C)N(C)S(=O)(=O)N[C@@H]1C=C[C@H](CO)C1. The Bertz CT molecular complexity index is 351. The molecule has 6 heteroatoms. The third kappa shape index (κ3) is 3.28. The minimum atomic E-state index is -3.42. The molecule has 94 valence electrons. The lowest BCUT2D eigenvalue weighted by atomic mass is 10.1. The fraction of sp³-hybridized carbons (Fsp3) is 0.800. The Labute approximate surface area is 97.3 Å². The molecule has 2 atom stereocenters.